The molecule has 1 N–H and O–H groups in total. The summed E-state index contributed by atoms with van der Waals surface area (Å²) >= 11 is 5.91. The summed E-state index contributed by atoms with van der Waals surface area (Å²) in [6, 6.07) is 21.8. The average Bonchev–Trinajstić information content (AvgIpc) is 2.57. The summed E-state index contributed by atoms with van der Waals surface area (Å²) in [5.41, 5.74) is 2.38. The van der Waals surface area contributed by atoms with Gasteiger partial charge in [0.2, 0.25) is 0 Å². The van der Waals surface area contributed by atoms with Crippen LogP contribution in [0.25, 0.3) is 0 Å². The molecular weight excluding hydrogens is 322 g/mol. The molecule has 3 aromatic carbocycles. The number of rotatable bonds is 4. The van der Waals surface area contributed by atoms with E-state index in [9.17, 15) is 4.79 Å². The van der Waals surface area contributed by atoms with Crippen molar-refractivity contribution in [1.82, 2.24) is 0 Å². The molecule has 120 valence electrons. The van der Waals surface area contributed by atoms with E-state index in [0.29, 0.717) is 22.0 Å². The second kappa shape index (κ2) is 7.20. The fraction of sp³-hybridized carbons (Fsp3) is 0.0500. The van der Waals surface area contributed by atoms with E-state index in [1.807, 2.05) is 31.2 Å². The highest BCUT2D eigenvalue weighted by Gasteiger charge is 2.07. The lowest BCUT2D eigenvalue weighted by atomic mass is 10.2. The van der Waals surface area contributed by atoms with E-state index in [4.69, 9.17) is 16.3 Å². The quantitative estimate of drug-likeness (QED) is 0.663. The molecule has 3 nitrogen and oxygen atoms in total. The highest BCUT2D eigenvalue weighted by molar-refractivity contribution is 6.30. The monoisotopic (exact) mass is 337 g/mol. The lowest BCUT2D eigenvalue weighted by Gasteiger charge is -2.08. The number of hydrogen-bond acceptors (Lipinski definition) is 2. The van der Waals surface area contributed by atoms with E-state index >= 15 is 0 Å². The zero-order valence-corrected chi connectivity index (χ0v) is 13.9. The van der Waals surface area contributed by atoms with Crippen molar-refractivity contribution in [2.75, 3.05) is 5.32 Å². The molecular formula is C20H16ClNO2. The third-order valence-electron chi connectivity index (χ3n) is 3.46. The van der Waals surface area contributed by atoms with Gasteiger partial charge in [-0.25, -0.2) is 0 Å². The van der Waals surface area contributed by atoms with Crippen molar-refractivity contribution < 1.29 is 9.53 Å². The number of halogens is 1. The highest BCUT2D eigenvalue weighted by atomic mass is 35.5. The first-order valence-corrected chi connectivity index (χ1v) is 7.89. The summed E-state index contributed by atoms with van der Waals surface area (Å²) in [6.07, 6.45) is 0. The Bertz CT molecular complexity index is 842. The number of benzene rings is 3. The molecule has 0 aliphatic heterocycles. The van der Waals surface area contributed by atoms with Crippen LogP contribution in [0.15, 0.2) is 72.8 Å². The van der Waals surface area contributed by atoms with Gasteiger partial charge in [-0.05, 0) is 61.5 Å². The molecule has 0 aliphatic rings. The Morgan fingerprint density at radius 2 is 1.54 bits per heavy atom. The number of carbonyl (C=O) groups excluding carboxylic acids is 1. The predicted octanol–water partition coefficient (Wildman–Crippen LogP) is 5.69. The lowest BCUT2D eigenvalue weighted by Crippen LogP contribution is -2.11. The van der Waals surface area contributed by atoms with Crippen LogP contribution in [0.1, 0.15) is 15.9 Å². The Kier molecular flexibility index (Phi) is 4.82. The van der Waals surface area contributed by atoms with Gasteiger partial charge in [-0.2, -0.15) is 0 Å². The number of anilines is 1. The number of hydrogen-bond donors (Lipinski definition) is 1. The Balaban J connectivity index is 1.67. The van der Waals surface area contributed by atoms with E-state index in [-0.39, 0.29) is 5.91 Å². The van der Waals surface area contributed by atoms with Crippen molar-refractivity contribution in [2.24, 2.45) is 0 Å². The van der Waals surface area contributed by atoms with Gasteiger partial charge < -0.3 is 10.1 Å². The topological polar surface area (TPSA) is 38.3 Å². The minimum Gasteiger partial charge on any atom is -0.457 e. The van der Waals surface area contributed by atoms with E-state index in [0.717, 1.165) is 5.75 Å². The molecule has 0 atom stereocenters. The molecule has 0 saturated carbocycles. The van der Waals surface area contributed by atoms with Crippen molar-refractivity contribution in [3.63, 3.8) is 0 Å². The van der Waals surface area contributed by atoms with Crippen LogP contribution in [-0.4, -0.2) is 5.91 Å². The standard InChI is InChI=1S/C20H16ClNO2/c1-14-5-9-18(10-6-14)24-19-11-7-15(8-12-19)20(23)22-17-4-2-3-16(21)13-17/h2-13H,1H3,(H,22,23). The molecule has 1 amide bonds. The molecule has 0 saturated heterocycles. The summed E-state index contributed by atoms with van der Waals surface area (Å²) in [4.78, 5) is 12.2. The first-order valence-electron chi connectivity index (χ1n) is 7.52. The number of carbonyl (C=O) groups is 1. The first-order chi connectivity index (χ1) is 11.6. The molecule has 0 fully saturated rings. The second-order valence-electron chi connectivity index (χ2n) is 5.40. The van der Waals surface area contributed by atoms with Gasteiger partial charge in [0.25, 0.3) is 5.91 Å². The van der Waals surface area contributed by atoms with Crippen LogP contribution < -0.4 is 10.1 Å². The molecule has 0 spiro atoms. The largest absolute Gasteiger partial charge is 0.457 e. The molecule has 0 aromatic heterocycles. The van der Waals surface area contributed by atoms with Gasteiger partial charge >= 0.3 is 0 Å². The van der Waals surface area contributed by atoms with E-state index < -0.39 is 0 Å². The molecule has 3 aromatic rings. The van der Waals surface area contributed by atoms with Crippen LogP contribution in [0.2, 0.25) is 5.02 Å². The highest BCUT2D eigenvalue weighted by Crippen LogP contribution is 2.22. The molecule has 0 radical (unpaired) electrons. The summed E-state index contributed by atoms with van der Waals surface area (Å²) in [7, 11) is 0. The maximum atomic E-state index is 12.2. The average molecular weight is 338 g/mol. The zero-order chi connectivity index (χ0) is 16.9. The second-order valence-corrected chi connectivity index (χ2v) is 5.84. The van der Waals surface area contributed by atoms with E-state index in [1.165, 1.54) is 5.56 Å². The van der Waals surface area contributed by atoms with Gasteiger partial charge in [-0.15, -0.1) is 0 Å². The lowest BCUT2D eigenvalue weighted by molar-refractivity contribution is 0.102. The third kappa shape index (κ3) is 4.15. The van der Waals surface area contributed by atoms with Gasteiger partial charge in [-0.3, -0.25) is 4.79 Å². The number of amides is 1. The molecule has 3 rings (SSSR count). The van der Waals surface area contributed by atoms with Gasteiger partial charge in [0, 0.05) is 16.3 Å². The Labute approximate surface area is 145 Å². The van der Waals surface area contributed by atoms with Gasteiger partial charge in [0.05, 0.1) is 0 Å². The van der Waals surface area contributed by atoms with Crippen LogP contribution in [-0.2, 0) is 0 Å². The van der Waals surface area contributed by atoms with E-state index in [1.54, 1.807) is 48.5 Å². The van der Waals surface area contributed by atoms with Crippen LogP contribution in [0.3, 0.4) is 0 Å². The third-order valence-corrected chi connectivity index (χ3v) is 3.69. The van der Waals surface area contributed by atoms with Crippen molar-refractivity contribution in [3.05, 3.63) is 88.9 Å². The van der Waals surface area contributed by atoms with Crippen molar-refractivity contribution in [1.29, 1.82) is 0 Å². The van der Waals surface area contributed by atoms with Crippen LogP contribution in [0, 0.1) is 6.92 Å². The zero-order valence-electron chi connectivity index (χ0n) is 13.1. The molecule has 0 heterocycles. The Morgan fingerprint density at radius 3 is 2.17 bits per heavy atom. The number of aryl methyl sites for hydroxylation is 1. The molecule has 0 aliphatic carbocycles. The van der Waals surface area contributed by atoms with Crippen molar-refractivity contribution >= 4 is 23.2 Å². The first kappa shape index (κ1) is 16.1. The Morgan fingerprint density at radius 1 is 0.917 bits per heavy atom. The summed E-state index contributed by atoms with van der Waals surface area (Å²) < 4.78 is 5.75. The molecule has 24 heavy (non-hydrogen) atoms. The summed E-state index contributed by atoms with van der Waals surface area (Å²) in [6.45, 7) is 2.02. The summed E-state index contributed by atoms with van der Waals surface area (Å²) in [5.74, 6) is 1.24. The maximum absolute atomic E-state index is 12.2. The van der Waals surface area contributed by atoms with E-state index in [2.05, 4.69) is 5.32 Å². The molecule has 0 bridgehead atoms. The van der Waals surface area contributed by atoms with Crippen molar-refractivity contribution in [3.8, 4) is 11.5 Å². The van der Waals surface area contributed by atoms with Crippen molar-refractivity contribution in [2.45, 2.75) is 6.92 Å². The van der Waals surface area contributed by atoms with Crippen LogP contribution in [0.5, 0.6) is 11.5 Å². The maximum Gasteiger partial charge on any atom is 0.255 e. The predicted molar refractivity (Wildman–Crippen MR) is 97.1 cm³/mol. The normalized spacial score (nSPS) is 10.2. The smallest absolute Gasteiger partial charge is 0.255 e. The van der Waals surface area contributed by atoms with Crippen LogP contribution >= 0.6 is 11.6 Å². The Hall–Kier alpha value is -2.78. The fourth-order valence-corrected chi connectivity index (χ4v) is 2.38. The van der Waals surface area contributed by atoms with Crippen LogP contribution in [0.4, 0.5) is 5.69 Å². The van der Waals surface area contributed by atoms with Gasteiger partial charge in [0.1, 0.15) is 11.5 Å². The summed E-state index contributed by atoms with van der Waals surface area (Å²) in [5, 5.41) is 3.39. The number of nitrogens with one attached hydrogen (secondary N) is 1. The van der Waals surface area contributed by atoms with Gasteiger partial charge in [0.15, 0.2) is 0 Å². The minimum atomic E-state index is -0.195. The minimum absolute atomic E-state index is 0.195. The number of ether oxygens (including phenoxy) is 1. The fourth-order valence-electron chi connectivity index (χ4n) is 2.19. The molecule has 4 heteroatoms. The van der Waals surface area contributed by atoms with Gasteiger partial charge in [-0.1, -0.05) is 35.4 Å². The molecule has 0 unspecified atom stereocenters. The SMILES string of the molecule is Cc1ccc(Oc2ccc(C(=O)Nc3cccc(Cl)c3)cc2)cc1.